The average molecular weight is 255 g/mol. The Morgan fingerprint density at radius 1 is 1.44 bits per heavy atom. The third-order valence-corrected chi connectivity index (χ3v) is 2.38. The molecule has 0 radical (unpaired) electrons. The summed E-state index contributed by atoms with van der Waals surface area (Å²) in [5.41, 5.74) is 0.234. The normalized spacial score (nSPS) is 18.3. The van der Waals surface area contributed by atoms with Gasteiger partial charge in [-0.1, -0.05) is 0 Å². The number of nitrogens with zero attached hydrogens (tertiary/aromatic N) is 1. The van der Waals surface area contributed by atoms with Gasteiger partial charge in [-0.2, -0.15) is 5.06 Å². The lowest BCUT2D eigenvalue weighted by molar-refractivity contribution is -0.177. The third kappa shape index (κ3) is 2.23. The molecule has 0 saturated heterocycles. The molecule has 1 heterocycles. The molecular formula is C11H13NO6. The van der Waals surface area contributed by atoms with Gasteiger partial charge in [0.2, 0.25) is 0 Å². The van der Waals surface area contributed by atoms with Crippen LogP contribution in [-0.4, -0.2) is 38.4 Å². The van der Waals surface area contributed by atoms with Crippen molar-refractivity contribution in [1.29, 1.82) is 0 Å². The number of fused-ring (bicyclic) bond motifs is 1. The van der Waals surface area contributed by atoms with Gasteiger partial charge in [0.25, 0.3) is 6.29 Å². The molecule has 2 rings (SSSR count). The fourth-order valence-corrected chi connectivity index (χ4v) is 1.51. The number of carbonyl (C=O) groups excluding carboxylic acids is 1. The summed E-state index contributed by atoms with van der Waals surface area (Å²) < 4.78 is 20.0. The summed E-state index contributed by atoms with van der Waals surface area (Å²) >= 11 is 0. The first kappa shape index (κ1) is 12.6. The van der Waals surface area contributed by atoms with Crippen molar-refractivity contribution in [3.05, 3.63) is 18.2 Å². The number of hydroxylamine groups is 1. The number of ether oxygens (including phenoxy) is 4. The van der Waals surface area contributed by atoms with E-state index in [0.29, 0.717) is 10.8 Å². The van der Waals surface area contributed by atoms with Gasteiger partial charge < -0.3 is 18.9 Å². The highest BCUT2D eigenvalue weighted by Crippen LogP contribution is 2.36. The number of anilines is 1. The second-order valence-corrected chi connectivity index (χ2v) is 3.51. The minimum Gasteiger partial charge on any atom is -0.497 e. The zero-order valence-corrected chi connectivity index (χ0v) is 9.95. The number of amides is 1. The van der Waals surface area contributed by atoms with Crippen LogP contribution in [0, 0.1) is 0 Å². The van der Waals surface area contributed by atoms with Gasteiger partial charge in [0.05, 0.1) is 7.11 Å². The number of rotatable bonds is 4. The summed E-state index contributed by atoms with van der Waals surface area (Å²) in [5.74, 6) is 0.115. The van der Waals surface area contributed by atoms with Gasteiger partial charge in [0, 0.05) is 13.2 Å². The second kappa shape index (κ2) is 5.21. The Bertz CT molecular complexity index is 449. The summed E-state index contributed by atoms with van der Waals surface area (Å²) in [7, 11) is 2.92. The van der Waals surface area contributed by atoms with Crippen molar-refractivity contribution < 1.29 is 28.9 Å². The Hall–Kier alpha value is -1.83. The van der Waals surface area contributed by atoms with E-state index in [-0.39, 0.29) is 18.2 Å². The second-order valence-electron chi connectivity index (χ2n) is 3.51. The van der Waals surface area contributed by atoms with Crippen LogP contribution in [0.3, 0.4) is 0 Å². The maximum absolute atomic E-state index is 11.7. The van der Waals surface area contributed by atoms with Crippen molar-refractivity contribution in [1.82, 2.24) is 0 Å². The lowest BCUT2D eigenvalue weighted by Crippen LogP contribution is -2.45. The monoisotopic (exact) mass is 255 g/mol. The largest absolute Gasteiger partial charge is 0.497 e. The van der Waals surface area contributed by atoms with Gasteiger partial charge in [-0.15, -0.1) is 0 Å². The molecule has 1 aromatic rings. The van der Waals surface area contributed by atoms with Gasteiger partial charge in [-0.3, -0.25) is 10.0 Å². The molecule has 0 aromatic heterocycles. The molecule has 1 aliphatic rings. The van der Waals surface area contributed by atoms with E-state index in [1.54, 1.807) is 12.1 Å². The fourth-order valence-electron chi connectivity index (χ4n) is 1.51. The summed E-state index contributed by atoms with van der Waals surface area (Å²) in [6.07, 6.45) is -1.24. The van der Waals surface area contributed by atoms with Crippen LogP contribution in [0.4, 0.5) is 5.69 Å². The molecule has 98 valence electrons. The van der Waals surface area contributed by atoms with Crippen molar-refractivity contribution >= 4 is 11.6 Å². The van der Waals surface area contributed by atoms with E-state index in [2.05, 4.69) is 4.74 Å². The zero-order valence-electron chi connectivity index (χ0n) is 9.95. The highest BCUT2D eigenvalue weighted by atomic mass is 16.8. The summed E-state index contributed by atoms with van der Waals surface area (Å²) in [6, 6.07) is 4.67. The van der Waals surface area contributed by atoms with Crippen molar-refractivity contribution in [2.45, 2.75) is 6.29 Å². The number of methoxy groups -OCH3 is 2. The number of carbonyl (C=O) groups is 1. The first-order valence-electron chi connectivity index (χ1n) is 5.15. The first-order valence-corrected chi connectivity index (χ1v) is 5.15. The van der Waals surface area contributed by atoms with E-state index in [1.165, 1.54) is 20.3 Å². The lowest BCUT2D eigenvalue weighted by Gasteiger charge is -2.29. The molecule has 0 saturated carbocycles. The van der Waals surface area contributed by atoms with E-state index in [9.17, 15) is 10.0 Å². The Labute approximate surface area is 103 Å². The van der Waals surface area contributed by atoms with Crippen LogP contribution in [0.2, 0.25) is 0 Å². The van der Waals surface area contributed by atoms with E-state index in [0.717, 1.165) is 0 Å². The van der Waals surface area contributed by atoms with E-state index in [1.807, 2.05) is 0 Å². The molecule has 0 bridgehead atoms. The molecule has 1 atom stereocenters. The zero-order chi connectivity index (χ0) is 13.1. The van der Waals surface area contributed by atoms with Gasteiger partial charge in [0.15, 0.2) is 12.5 Å². The highest BCUT2D eigenvalue weighted by Gasteiger charge is 2.35. The Kier molecular flexibility index (Phi) is 3.66. The van der Waals surface area contributed by atoms with E-state index >= 15 is 0 Å². The van der Waals surface area contributed by atoms with Gasteiger partial charge in [-0.05, 0) is 12.1 Å². The Morgan fingerprint density at radius 3 is 2.89 bits per heavy atom. The standard InChI is InChI=1S/C11H13NO6/c1-15-6-17-11-10(13)12(14)8-4-3-7(16-2)5-9(8)18-11/h3-5,11,14H,6H2,1-2H3. The van der Waals surface area contributed by atoms with Crippen LogP contribution in [0.15, 0.2) is 18.2 Å². The van der Waals surface area contributed by atoms with Crippen molar-refractivity contribution in [2.75, 3.05) is 26.1 Å². The van der Waals surface area contributed by atoms with E-state index < -0.39 is 12.2 Å². The van der Waals surface area contributed by atoms with Crippen LogP contribution in [0.1, 0.15) is 0 Å². The summed E-state index contributed by atoms with van der Waals surface area (Å²) in [5, 5.41) is 10.2. The highest BCUT2D eigenvalue weighted by molar-refractivity contribution is 5.97. The first-order chi connectivity index (χ1) is 8.67. The maximum atomic E-state index is 11.7. The number of hydrogen-bond acceptors (Lipinski definition) is 6. The number of benzene rings is 1. The van der Waals surface area contributed by atoms with Crippen molar-refractivity contribution in [3.8, 4) is 11.5 Å². The molecule has 18 heavy (non-hydrogen) atoms. The minimum atomic E-state index is -1.24. The molecule has 0 aliphatic carbocycles. The molecule has 0 spiro atoms. The van der Waals surface area contributed by atoms with Crippen LogP contribution in [0.25, 0.3) is 0 Å². The van der Waals surface area contributed by atoms with Crippen LogP contribution in [-0.2, 0) is 14.3 Å². The third-order valence-electron chi connectivity index (χ3n) is 2.38. The lowest BCUT2D eigenvalue weighted by atomic mass is 10.2. The van der Waals surface area contributed by atoms with Gasteiger partial charge in [0.1, 0.15) is 11.4 Å². The molecule has 1 amide bonds. The molecule has 0 fully saturated rings. The van der Waals surface area contributed by atoms with Crippen LogP contribution in [0.5, 0.6) is 11.5 Å². The molecule has 7 nitrogen and oxygen atoms in total. The van der Waals surface area contributed by atoms with Gasteiger partial charge >= 0.3 is 5.91 Å². The number of hydrogen-bond donors (Lipinski definition) is 1. The SMILES string of the molecule is COCOC1Oc2cc(OC)ccc2N(O)C1=O. The maximum Gasteiger partial charge on any atom is 0.320 e. The smallest absolute Gasteiger partial charge is 0.320 e. The Morgan fingerprint density at radius 2 is 2.22 bits per heavy atom. The predicted octanol–water partition coefficient (Wildman–Crippen LogP) is 0.756. The molecule has 1 aliphatic heterocycles. The van der Waals surface area contributed by atoms with E-state index in [4.69, 9.17) is 14.2 Å². The summed E-state index contributed by atoms with van der Waals surface area (Å²) in [4.78, 5) is 11.7. The molecule has 1 aromatic carbocycles. The molecular weight excluding hydrogens is 242 g/mol. The quantitative estimate of drug-likeness (QED) is 0.632. The Balaban J connectivity index is 2.26. The van der Waals surface area contributed by atoms with Crippen molar-refractivity contribution in [2.24, 2.45) is 0 Å². The average Bonchev–Trinajstić information content (AvgIpc) is 2.40. The van der Waals surface area contributed by atoms with Crippen LogP contribution < -0.4 is 14.5 Å². The summed E-state index contributed by atoms with van der Waals surface area (Å²) in [6.45, 7) is -0.121. The minimum absolute atomic E-state index is 0.121. The van der Waals surface area contributed by atoms with Gasteiger partial charge in [-0.25, -0.2) is 0 Å². The molecule has 1 unspecified atom stereocenters. The predicted molar refractivity (Wildman–Crippen MR) is 59.6 cm³/mol. The van der Waals surface area contributed by atoms with Crippen LogP contribution >= 0.6 is 0 Å². The topological polar surface area (TPSA) is 77.5 Å². The molecule has 1 N–H and O–H groups in total. The van der Waals surface area contributed by atoms with Crippen molar-refractivity contribution in [3.63, 3.8) is 0 Å². The fraction of sp³-hybridized carbons (Fsp3) is 0.364. The molecule has 7 heteroatoms.